The molecule has 33 heavy (non-hydrogen) atoms. The van der Waals surface area contributed by atoms with Gasteiger partial charge in [0.15, 0.2) is 5.69 Å². The smallest absolute Gasteiger partial charge is 0.226 e. The second-order valence-electron chi connectivity index (χ2n) is 7.40. The molecule has 6 heteroatoms. The van der Waals surface area contributed by atoms with Crippen LogP contribution in [0.3, 0.4) is 0 Å². The summed E-state index contributed by atoms with van der Waals surface area (Å²) in [5, 5.41) is 1.46. The van der Waals surface area contributed by atoms with Crippen LogP contribution in [0, 0.1) is 0 Å². The van der Waals surface area contributed by atoms with Crippen molar-refractivity contribution in [3.8, 4) is 5.75 Å². The van der Waals surface area contributed by atoms with Crippen molar-refractivity contribution in [2.45, 2.75) is 13.5 Å². The largest absolute Gasteiger partial charge is 0.497 e. The first kappa shape index (κ1) is 22.4. The van der Waals surface area contributed by atoms with Gasteiger partial charge in [0.25, 0.3) is 0 Å². The predicted molar refractivity (Wildman–Crippen MR) is 132 cm³/mol. The standard InChI is InChI=1S/C27H23ClN2O3/c1-4-6-7-19(5-2)27-29-24(17-33-27)26(31)23-16-30(15-18-8-10-20(28)11-9-18)25-13-12-21(32-3)14-22(23)25/h4-14,16-17H,2,15H2,1,3H3/b6-4-,19-7+. The lowest BCUT2D eigenvalue weighted by Crippen LogP contribution is -2.02. The fourth-order valence-corrected chi connectivity index (χ4v) is 3.70. The van der Waals surface area contributed by atoms with Gasteiger partial charge in [0, 0.05) is 39.8 Å². The second kappa shape index (κ2) is 9.76. The monoisotopic (exact) mass is 458 g/mol. The summed E-state index contributed by atoms with van der Waals surface area (Å²) in [7, 11) is 1.60. The molecule has 0 saturated carbocycles. The van der Waals surface area contributed by atoms with Crippen LogP contribution >= 0.6 is 11.6 Å². The number of carbonyl (C=O) groups excluding carboxylic acids is 1. The molecule has 5 nitrogen and oxygen atoms in total. The number of ketones is 1. The Morgan fingerprint density at radius 3 is 2.73 bits per heavy atom. The van der Waals surface area contributed by atoms with Crippen LogP contribution in [0.4, 0.5) is 0 Å². The highest BCUT2D eigenvalue weighted by Crippen LogP contribution is 2.29. The van der Waals surface area contributed by atoms with Crippen LogP contribution in [0.2, 0.25) is 5.02 Å². The maximum absolute atomic E-state index is 13.5. The van der Waals surface area contributed by atoms with E-state index in [1.54, 1.807) is 13.2 Å². The van der Waals surface area contributed by atoms with Gasteiger partial charge in [0.2, 0.25) is 11.7 Å². The molecule has 0 aliphatic rings. The van der Waals surface area contributed by atoms with E-state index in [-0.39, 0.29) is 11.5 Å². The number of rotatable bonds is 8. The Hall–Kier alpha value is -3.83. The molecule has 4 rings (SSSR count). The molecule has 0 fully saturated rings. The zero-order valence-electron chi connectivity index (χ0n) is 18.4. The molecule has 0 aliphatic heterocycles. The Morgan fingerprint density at radius 2 is 2.03 bits per heavy atom. The molecule has 0 aliphatic carbocycles. The van der Waals surface area contributed by atoms with Gasteiger partial charge >= 0.3 is 0 Å². The lowest BCUT2D eigenvalue weighted by Gasteiger charge is -2.06. The van der Waals surface area contributed by atoms with Crippen LogP contribution in [0.1, 0.15) is 34.4 Å². The van der Waals surface area contributed by atoms with Crippen LogP contribution in [0.5, 0.6) is 5.75 Å². The first-order valence-corrected chi connectivity index (χ1v) is 10.8. The van der Waals surface area contributed by atoms with Gasteiger partial charge in [0.1, 0.15) is 12.0 Å². The van der Waals surface area contributed by atoms with Gasteiger partial charge in [-0.15, -0.1) is 0 Å². The van der Waals surface area contributed by atoms with E-state index >= 15 is 0 Å². The molecule has 0 unspecified atom stereocenters. The third kappa shape index (κ3) is 4.69. The molecular weight excluding hydrogens is 436 g/mol. The summed E-state index contributed by atoms with van der Waals surface area (Å²) in [6.07, 6.45) is 10.5. The summed E-state index contributed by atoms with van der Waals surface area (Å²) in [6, 6.07) is 13.3. The van der Waals surface area contributed by atoms with E-state index in [9.17, 15) is 4.79 Å². The molecular formula is C27H23ClN2O3. The van der Waals surface area contributed by atoms with Crippen molar-refractivity contribution in [1.82, 2.24) is 9.55 Å². The quantitative estimate of drug-likeness (QED) is 0.217. The van der Waals surface area contributed by atoms with Crippen LogP contribution < -0.4 is 4.74 Å². The molecule has 0 N–H and O–H groups in total. The van der Waals surface area contributed by atoms with Crippen LogP contribution in [0.25, 0.3) is 16.5 Å². The summed E-state index contributed by atoms with van der Waals surface area (Å²) in [5.74, 6) is 0.784. The van der Waals surface area contributed by atoms with Gasteiger partial charge in [-0.25, -0.2) is 4.98 Å². The number of benzene rings is 2. The van der Waals surface area contributed by atoms with Gasteiger partial charge in [-0.05, 0) is 48.9 Å². The van der Waals surface area contributed by atoms with Gasteiger partial charge < -0.3 is 13.7 Å². The highest BCUT2D eigenvalue weighted by Gasteiger charge is 2.21. The van der Waals surface area contributed by atoms with Crippen molar-refractivity contribution < 1.29 is 13.9 Å². The molecule has 0 spiro atoms. The van der Waals surface area contributed by atoms with Crippen molar-refractivity contribution >= 4 is 33.9 Å². The number of halogens is 1. The molecule has 2 aromatic heterocycles. The van der Waals surface area contributed by atoms with Crippen molar-refractivity contribution in [1.29, 1.82) is 0 Å². The van der Waals surface area contributed by atoms with Crippen LogP contribution in [-0.4, -0.2) is 22.4 Å². The molecule has 166 valence electrons. The summed E-state index contributed by atoms with van der Waals surface area (Å²) in [5.41, 5.74) is 3.43. The van der Waals surface area contributed by atoms with Gasteiger partial charge in [-0.2, -0.15) is 0 Å². The van der Waals surface area contributed by atoms with E-state index < -0.39 is 0 Å². The lowest BCUT2D eigenvalue weighted by atomic mass is 10.1. The number of nitrogens with zero attached hydrogens (tertiary/aromatic N) is 2. The molecule has 0 atom stereocenters. The Kier molecular flexibility index (Phi) is 6.61. The third-order valence-corrected chi connectivity index (χ3v) is 5.52. The van der Waals surface area contributed by atoms with Crippen molar-refractivity contribution in [2.75, 3.05) is 7.11 Å². The van der Waals surface area contributed by atoms with E-state index in [2.05, 4.69) is 11.6 Å². The maximum Gasteiger partial charge on any atom is 0.226 e. The average Bonchev–Trinajstić information content (AvgIpc) is 3.46. The summed E-state index contributed by atoms with van der Waals surface area (Å²) in [4.78, 5) is 17.9. The SMILES string of the molecule is C=C/C(=C\C=C/C)c1nc(C(=O)c2cn(Cc3ccc(Cl)cc3)c3ccc(OC)cc23)co1. The summed E-state index contributed by atoms with van der Waals surface area (Å²) < 4.78 is 13.0. The number of hydrogen-bond acceptors (Lipinski definition) is 4. The minimum Gasteiger partial charge on any atom is -0.497 e. The number of carbonyl (C=O) groups is 1. The fraction of sp³-hybridized carbons (Fsp3) is 0.111. The maximum atomic E-state index is 13.5. The molecule has 4 aromatic rings. The van der Waals surface area contributed by atoms with Crippen LogP contribution in [-0.2, 0) is 6.54 Å². The number of hydrogen-bond donors (Lipinski definition) is 0. The van der Waals surface area contributed by atoms with Gasteiger partial charge in [0.05, 0.1) is 7.11 Å². The minimum atomic E-state index is -0.229. The number of oxazole rings is 1. The minimum absolute atomic E-state index is 0.228. The predicted octanol–water partition coefficient (Wildman–Crippen LogP) is 6.72. The summed E-state index contributed by atoms with van der Waals surface area (Å²) >= 11 is 6.02. The van der Waals surface area contributed by atoms with Crippen molar-refractivity contribution in [3.05, 3.63) is 114 Å². The van der Waals surface area contributed by atoms with Gasteiger partial charge in [-0.1, -0.05) is 48.5 Å². The van der Waals surface area contributed by atoms with Crippen molar-refractivity contribution in [3.63, 3.8) is 0 Å². The molecule has 0 amide bonds. The topological polar surface area (TPSA) is 57.3 Å². The van der Waals surface area contributed by atoms with E-state index in [1.165, 1.54) is 6.26 Å². The number of allylic oxidation sites excluding steroid dienone is 5. The second-order valence-corrected chi connectivity index (χ2v) is 7.84. The van der Waals surface area contributed by atoms with E-state index in [0.29, 0.717) is 34.3 Å². The van der Waals surface area contributed by atoms with Gasteiger partial charge in [-0.3, -0.25) is 4.79 Å². The molecule has 2 heterocycles. The highest BCUT2D eigenvalue weighted by molar-refractivity contribution is 6.30. The number of methoxy groups -OCH3 is 1. The summed E-state index contributed by atoms with van der Waals surface area (Å²) in [6.45, 7) is 6.30. The highest BCUT2D eigenvalue weighted by atomic mass is 35.5. The average molecular weight is 459 g/mol. The Labute approximate surface area is 197 Å². The number of aromatic nitrogens is 2. The fourth-order valence-electron chi connectivity index (χ4n) is 3.58. The Balaban J connectivity index is 1.76. The van der Waals surface area contributed by atoms with E-state index in [0.717, 1.165) is 16.5 Å². The normalized spacial score (nSPS) is 11.9. The molecule has 2 aromatic carbocycles. The lowest BCUT2D eigenvalue weighted by molar-refractivity contribution is 0.103. The Bertz CT molecular complexity index is 1370. The van der Waals surface area contributed by atoms with E-state index in [1.807, 2.05) is 78.4 Å². The number of fused-ring (bicyclic) bond motifs is 1. The Morgan fingerprint density at radius 1 is 1.24 bits per heavy atom. The first-order valence-electron chi connectivity index (χ1n) is 10.4. The molecule has 0 saturated heterocycles. The molecule has 0 radical (unpaired) electrons. The van der Waals surface area contributed by atoms with Crippen molar-refractivity contribution in [2.24, 2.45) is 0 Å². The zero-order valence-corrected chi connectivity index (χ0v) is 19.2. The zero-order chi connectivity index (χ0) is 23.4. The number of ether oxygens (including phenoxy) is 1. The third-order valence-electron chi connectivity index (χ3n) is 5.27. The molecule has 0 bridgehead atoms. The van der Waals surface area contributed by atoms with Crippen LogP contribution in [0.15, 0.2) is 90.2 Å². The first-order chi connectivity index (χ1) is 16.0. The van der Waals surface area contributed by atoms with E-state index in [4.69, 9.17) is 20.8 Å².